The molecule has 0 aliphatic carbocycles. The fraction of sp³-hybridized carbons (Fsp3) is 0.500. The zero-order chi connectivity index (χ0) is 11.1. The monoisotopic (exact) mass is 225 g/mol. The molecule has 0 saturated carbocycles. The third-order valence-electron chi connectivity index (χ3n) is 3.34. The van der Waals surface area contributed by atoms with Crippen molar-refractivity contribution < 1.29 is 13.5 Å². The highest BCUT2D eigenvalue weighted by molar-refractivity contribution is 5.34. The van der Waals surface area contributed by atoms with Crippen LogP contribution in [0.5, 0.6) is 0 Å². The molecule has 2 nitrogen and oxygen atoms in total. The Morgan fingerprint density at radius 2 is 2.12 bits per heavy atom. The molecule has 0 bridgehead atoms. The number of halogens is 2. The largest absolute Gasteiger partial charge is 0.368 e. The Labute approximate surface area is 92.6 Å². The molecule has 0 spiro atoms. The molecule has 1 fully saturated rings. The zero-order valence-corrected chi connectivity index (χ0v) is 8.75. The molecule has 2 aliphatic rings. The van der Waals surface area contributed by atoms with E-state index in [-0.39, 0.29) is 24.6 Å². The van der Waals surface area contributed by atoms with Crippen molar-refractivity contribution in [1.29, 1.82) is 0 Å². The van der Waals surface area contributed by atoms with Crippen LogP contribution in [0.4, 0.5) is 8.78 Å². The molecule has 0 amide bonds. The van der Waals surface area contributed by atoms with Gasteiger partial charge in [-0.15, -0.1) is 0 Å². The Morgan fingerprint density at radius 1 is 1.31 bits per heavy atom. The number of rotatable bonds is 1. The first-order valence-corrected chi connectivity index (χ1v) is 5.54. The van der Waals surface area contributed by atoms with Gasteiger partial charge in [0.25, 0.3) is 0 Å². The van der Waals surface area contributed by atoms with Crippen LogP contribution in [-0.2, 0) is 4.74 Å². The van der Waals surface area contributed by atoms with Gasteiger partial charge in [-0.2, -0.15) is 0 Å². The topological polar surface area (TPSA) is 21.3 Å². The summed E-state index contributed by atoms with van der Waals surface area (Å²) in [5.74, 6) is -0.386. The van der Waals surface area contributed by atoms with E-state index in [4.69, 9.17) is 4.74 Å². The molecule has 1 aromatic carbocycles. The van der Waals surface area contributed by atoms with E-state index in [1.54, 1.807) is 6.07 Å². The van der Waals surface area contributed by atoms with Crippen molar-refractivity contribution in [2.45, 2.75) is 24.7 Å². The first-order valence-electron chi connectivity index (χ1n) is 5.54. The van der Waals surface area contributed by atoms with Gasteiger partial charge in [0.2, 0.25) is 0 Å². The van der Waals surface area contributed by atoms with Crippen LogP contribution in [0.2, 0.25) is 0 Å². The van der Waals surface area contributed by atoms with E-state index in [0.717, 1.165) is 18.5 Å². The van der Waals surface area contributed by atoms with Crippen molar-refractivity contribution in [2.24, 2.45) is 0 Å². The van der Waals surface area contributed by atoms with Crippen LogP contribution in [0.3, 0.4) is 0 Å². The van der Waals surface area contributed by atoms with Crippen LogP contribution < -0.4 is 5.32 Å². The van der Waals surface area contributed by atoms with E-state index in [9.17, 15) is 8.78 Å². The van der Waals surface area contributed by atoms with Crippen molar-refractivity contribution in [3.8, 4) is 0 Å². The van der Waals surface area contributed by atoms with Crippen LogP contribution in [0.15, 0.2) is 18.2 Å². The maximum atomic E-state index is 13.6. The molecule has 2 aliphatic heterocycles. The summed E-state index contributed by atoms with van der Waals surface area (Å²) in [5.41, 5.74) is 1.24. The fourth-order valence-electron chi connectivity index (χ4n) is 2.35. The maximum absolute atomic E-state index is 13.6. The third-order valence-corrected chi connectivity index (χ3v) is 3.34. The van der Waals surface area contributed by atoms with Crippen LogP contribution in [-0.4, -0.2) is 19.2 Å². The summed E-state index contributed by atoms with van der Waals surface area (Å²) < 4.78 is 32.2. The first-order chi connectivity index (χ1) is 7.75. The van der Waals surface area contributed by atoms with Crippen molar-refractivity contribution in [3.63, 3.8) is 0 Å². The van der Waals surface area contributed by atoms with Gasteiger partial charge in [-0.25, -0.2) is 8.78 Å². The molecule has 3 rings (SSSR count). The third kappa shape index (κ3) is 1.53. The van der Waals surface area contributed by atoms with E-state index in [1.165, 1.54) is 12.1 Å². The lowest BCUT2D eigenvalue weighted by Gasteiger charge is -2.39. The highest BCUT2D eigenvalue weighted by Crippen LogP contribution is 2.38. The molecule has 1 saturated heterocycles. The minimum absolute atomic E-state index is 0.0271. The second-order valence-electron chi connectivity index (χ2n) is 4.34. The number of benzene rings is 1. The van der Waals surface area contributed by atoms with Crippen molar-refractivity contribution in [1.82, 2.24) is 5.32 Å². The van der Waals surface area contributed by atoms with E-state index in [1.807, 2.05) is 0 Å². The number of hydrogen-bond donors (Lipinski definition) is 1. The number of nitrogens with one attached hydrogen (secondary N) is 1. The van der Waals surface area contributed by atoms with Gasteiger partial charge in [0, 0.05) is 6.04 Å². The zero-order valence-electron chi connectivity index (χ0n) is 8.75. The summed E-state index contributed by atoms with van der Waals surface area (Å²) in [6.07, 6.45) is -0.309. The lowest BCUT2D eigenvalue weighted by Crippen LogP contribution is -2.48. The average molecular weight is 225 g/mol. The van der Waals surface area contributed by atoms with Gasteiger partial charge in [0.15, 0.2) is 0 Å². The Kier molecular flexibility index (Phi) is 2.41. The van der Waals surface area contributed by atoms with Crippen LogP contribution in [0.1, 0.15) is 29.8 Å². The van der Waals surface area contributed by atoms with E-state index in [2.05, 4.69) is 5.32 Å². The van der Waals surface area contributed by atoms with Crippen molar-refractivity contribution >= 4 is 0 Å². The van der Waals surface area contributed by atoms with E-state index in [0.29, 0.717) is 5.56 Å². The normalized spacial score (nSPS) is 33.0. The number of fused-ring (bicyclic) bond motifs is 1. The van der Waals surface area contributed by atoms with Gasteiger partial charge < -0.3 is 10.1 Å². The average Bonchev–Trinajstić information content (AvgIpc) is 2.20. The lowest BCUT2D eigenvalue weighted by molar-refractivity contribution is -0.0339. The van der Waals surface area contributed by atoms with Crippen molar-refractivity contribution in [3.05, 3.63) is 35.1 Å². The molecule has 16 heavy (non-hydrogen) atoms. The highest BCUT2D eigenvalue weighted by atomic mass is 19.1. The van der Waals surface area contributed by atoms with Gasteiger partial charge >= 0.3 is 0 Å². The predicted molar refractivity (Wildman–Crippen MR) is 55.3 cm³/mol. The molecule has 1 aromatic rings. The number of hydrogen-bond acceptors (Lipinski definition) is 2. The molecular weight excluding hydrogens is 212 g/mol. The van der Waals surface area contributed by atoms with Gasteiger partial charge in [-0.1, -0.05) is 6.07 Å². The van der Waals surface area contributed by atoms with E-state index >= 15 is 0 Å². The molecule has 4 heteroatoms. The second-order valence-corrected chi connectivity index (χ2v) is 4.34. The number of ether oxygens (including phenoxy) is 1. The first kappa shape index (κ1) is 10.2. The summed E-state index contributed by atoms with van der Waals surface area (Å²) >= 11 is 0. The van der Waals surface area contributed by atoms with Gasteiger partial charge in [0.1, 0.15) is 12.0 Å². The smallest absolute Gasteiger partial charge is 0.149 e. The minimum atomic E-state index is -1.21. The summed E-state index contributed by atoms with van der Waals surface area (Å²) in [7, 11) is 0. The molecule has 1 N–H and O–H groups in total. The molecule has 86 valence electrons. The molecule has 2 heterocycles. The van der Waals surface area contributed by atoms with Gasteiger partial charge in [0.05, 0.1) is 12.7 Å². The Hall–Kier alpha value is -1.00. The van der Waals surface area contributed by atoms with Crippen LogP contribution in [0, 0.1) is 5.82 Å². The summed E-state index contributed by atoms with van der Waals surface area (Å²) in [6.45, 7) is 0.999. The standard InChI is InChI=1S/C12H13F2NO/c13-7-1-2-8-9(5-7)10(14)6-16-12(8)11-3-4-15-11/h1-2,5,10-12,15H,3-4,6H2. The quantitative estimate of drug-likeness (QED) is 0.791. The second kappa shape index (κ2) is 3.79. The molecule has 0 radical (unpaired) electrons. The fourth-order valence-corrected chi connectivity index (χ4v) is 2.35. The summed E-state index contributed by atoms with van der Waals surface area (Å²) in [4.78, 5) is 0. The molecule has 3 atom stereocenters. The number of alkyl halides is 1. The summed E-state index contributed by atoms with van der Waals surface area (Å²) in [5, 5.41) is 3.24. The lowest BCUT2D eigenvalue weighted by atomic mass is 9.88. The van der Waals surface area contributed by atoms with Gasteiger partial charge in [-0.05, 0) is 36.2 Å². The van der Waals surface area contributed by atoms with Gasteiger partial charge in [-0.3, -0.25) is 0 Å². The molecule has 0 aromatic heterocycles. The maximum Gasteiger partial charge on any atom is 0.149 e. The SMILES string of the molecule is Fc1ccc2c(c1)C(F)COC2C1CCN1. The van der Waals surface area contributed by atoms with E-state index < -0.39 is 6.17 Å². The molecule has 3 unspecified atom stereocenters. The van der Waals surface area contributed by atoms with Crippen LogP contribution in [0.25, 0.3) is 0 Å². The Bertz CT molecular complexity index is 406. The van der Waals surface area contributed by atoms with Crippen LogP contribution >= 0.6 is 0 Å². The van der Waals surface area contributed by atoms with Crippen molar-refractivity contribution in [2.75, 3.05) is 13.2 Å². The summed E-state index contributed by atoms with van der Waals surface area (Å²) in [6, 6.07) is 4.54. The predicted octanol–water partition coefficient (Wildman–Crippen LogP) is 2.27. The Morgan fingerprint density at radius 3 is 2.81 bits per heavy atom. The molecular formula is C12H13F2NO. The minimum Gasteiger partial charge on any atom is -0.368 e. The Balaban J connectivity index is 1.99. The highest BCUT2D eigenvalue weighted by Gasteiger charge is 2.35.